The summed E-state index contributed by atoms with van der Waals surface area (Å²) in [5.74, 6) is 0.743. The maximum atomic E-state index is 10.8. The van der Waals surface area contributed by atoms with Crippen molar-refractivity contribution >= 4 is 21.7 Å². The lowest BCUT2D eigenvalue weighted by molar-refractivity contribution is 1.02. The zero-order valence-corrected chi connectivity index (χ0v) is 6.90. The first kappa shape index (κ1) is 7.27. The van der Waals surface area contributed by atoms with E-state index in [2.05, 4.69) is 25.9 Å². The van der Waals surface area contributed by atoms with Gasteiger partial charge in [-0.15, -0.1) is 0 Å². The second kappa shape index (κ2) is 2.42. The van der Waals surface area contributed by atoms with Gasteiger partial charge in [0.2, 0.25) is 0 Å². The van der Waals surface area contributed by atoms with E-state index in [0.29, 0.717) is 5.82 Å². The van der Waals surface area contributed by atoms with Crippen molar-refractivity contribution < 1.29 is 0 Å². The Morgan fingerprint density at radius 3 is 2.80 bits per heavy atom. The normalized spacial score (nSPS) is 9.80. The number of anilines is 1. The monoisotopic (exact) mass is 203 g/mol. The predicted molar refractivity (Wildman–Crippen MR) is 41.7 cm³/mol. The van der Waals surface area contributed by atoms with E-state index >= 15 is 0 Å². The summed E-state index contributed by atoms with van der Waals surface area (Å²) in [4.78, 5) is 17.1. The van der Waals surface area contributed by atoms with Gasteiger partial charge >= 0.3 is 0 Å². The molecule has 1 aromatic rings. The zero-order valence-electron chi connectivity index (χ0n) is 5.31. The summed E-state index contributed by atoms with van der Waals surface area (Å²) in [6.45, 7) is 1.67. The number of nitrogens with zero attached hydrogens (tertiary/aromatic N) is 1. The van der Waals surface area contributed by atoms with Gasteiger partial charge in [-0.25, -0.2) is 4.98 Å². The van der Waals surface area contributed by atoms with Crippen LogP contribution in [-0.2, 0) is 0 Å². The summed E-state index contributed by atoms with van der Waals surface area (Å²) in [6, 6.07) is 0. The molecule has 0 spiro atoms. The van der Waals surface area contributed by atoms with E-state index in [9.17, 15) is 4.79 Å². The second-order valence-corrected chi connectivity index (χ2v) is 2.64. The molecule has 0 amide bonds. The minimum atomic E-state index is -0.245. The summed E-state index contributed by atoms with van der Waals surface area (Å²) in [6.07, 6.45) is 0. The second-order valence-electron chi connectivity index (χ2n) is 1.85. The van der Waals surface area contributed by atoms with Crippen LogP contribution in [0, 0.1) is 6.92 Å². The molecule has 1 aromatic heterocycles. The summed E-state index contributed by atoms with van der Waals surface area (Å²) in [7, 11) is 0. The van der Waals surface area contributed by atoms with Crippen molar-refractivity contribution in [3.8, 4) is 0 Å². The predicted octanol–water partition coefficient (Wildman–Crippen LogP) is 0.423. The molecular weight excluding hydrogens is 198 g/mol. The number of nitrogen functional groups attached to an aromatic ring is 1. The Hall–Kier alpha value is -0.840. The molecule has 1 rings (SSSR count). The first-order chi connectivity index (χ1) is 4.61. The van der Waals surface area contributed by atoms with Crippen LogP contribution in [-0.4, -0.2) is 9.97 Å². The molecule has 0 radical (unpaired) electrons. The highest BCUT2D eigenvalue weighted by Gasteiger charge is 2.01. The molecule has 0 atom stereocenters. The van der Waals surface area contributed by atoms with Crippen LogP contribution < -0.4 is 11.3 Å². The van der Waals surface area contributed by atoms with E-state index in [0.717, 1.165) is 0 Å². The van der Waals surface area contributed by atoms with Crippen LogP contribution in [0.15, 0.2) is 9.27 Å². The van der Waals surface area contributed by atoms with Crippen molar-refractivity contribution in [2.24, 2.45) is 0 Å². The third-order valence-corrected chi connectivity index (χ3v) is 1.77. The van der Waals surface area contributed by atoms with E-state index in [1.54, 1.807) is 6.92 Å². The summed E-state index contributed by atoms with van der Waals surface area (Å²) in [5, 5.41) is 0. The minimum Gasteiger partial charge on any atom is -0.383 e. The number of aryl methyl sites for hydroxylation is 1. The quantitative estimate of drug-likeness (QED) is 0.643. The minimum absolute atomic E-state index is 0.223. The number of aromatic amines is 1. The Balaban J connectivity index is 3.46. The number of nitrogens with one attached hydrogen (secondary N) is 1. The fraction of sp³-hybridized carbons (Fsp3) is 0.200. The fourth-order valence-electron chi connectivity index (χ4n) is 0.593. The Morgan fingerprint density at radius 1 is 1.70 bits per heavy atom. The van der Waals surface area contributed by atoms with Gasteiger partial charge in [0, 0.05) is 0 Å². The third kappa shape index (κ3) is 1.18. The van der Waals surface area contributed by atoms with Crippen LogP contribution in [0.3, 0.4) is 0 Å². The first-order valence-corrected chi connectivity index (χ1v) is 3.42. The smallest absolute Gasteiger partial charge is 0.267 e. The summed E-state index contributed by atoms with van der Waals surface area (Å²) in [5.41, 5.74) is 5.10. The standard InChI is InChI=1S/C5H6BrN3O/c1-2-8-4(7)3(6)5(10)9-2/h1H3,(H3,7,8,9,10). The topological polar surface area (TPSA) is 71.8 Å². The lowest BCUT2D eigenvalue weighted by Gasteiger charge is -1.95. The van der Waals surface area contributed by atoms with Gasteiger partial charge in [-0.2, -0.15) is 0 Å². The van der Waals surface area contributed by atoms with Crippen LogP contribution >= 0.6 is 15.9 Å². The molecule has 0 fully saturated rings. The van der Waals surface area contributed by atoms with Gasteiger partial charge in [0.05, 0.1) is 0 Å². The molecule has 0 aliphatic carbocycles. The van der Waals surface area contributed by atoms with Crippen LogP contribution in [0.2, 0.25) is 0 Å². The molecule has 4 nitrogen and oxygen atoms in total. The molecule has 0 aliphatic rings. The SMILES string of the molecule is Cc1nc(N)c(Br)c(=O)[nH]1. The van der Waals surface area contributed by atoms with Crippen molar-refractivity contribution in [2.75, 3.05) is 5.73 Å². The van der Waals surface area contributed by atoms with Crippen LogP contribution in [0.25, 0.3) is 0 Å². The maximum absolute atomic E-state index is 10.8. The summed E-state index contributed by atoms with van der Waals surface area (Å²) < 4.78 is 0.290. The average Bonchev–Trinajstić information content (AvgIpc) is 1.82. The Kier molecular flexibility index (Phi) is 1.76. The molecule has 0 saturated carbocycles. The highest BCUT2D eigenvalue weighted by atomic mass is 79.9. The maximum Gasteiger partial charge on any atom is 0.267 e. The zero-order chi connectivity index (χ0) is 7.72. The van der Waals surface area contributed by atoms with Gasteiger partial charge in [-0.05, 0) is 22.9 Å². The van der Waals surface area contributed by atoms with Gasteiger partial charge in [-0.1, -0.05) is 0 Å². The van der Waals surface area contributed by atoms with Crippen molar-refractivity contribution in [2.45, 2.75) is 6.92 Å². The number of hydrogen-bond acceptors (Lipinski definition) is 3. The first-order valence-electron chi connectivity index (χ1n) is 2.63. The van der Waals surface area contributed by atoms with Gasteiger partial charge in [0.1, 0.15) is 16.1 Å². The van der Waals surface area contributed by atoms with Gasteiger partial charge < -0.3 is 10.7 Å². The van der Waals surface area contributed by atoms with Crippen molar-refractivity contribution in [3.63, 3.8) is 0 Å². The molecular formula is C5H6BrN3O. The number of nitrogens with two attached hydrogens (primary N) is 1. The Bertz CT molecular complexity index is 306. The molecule has 10 heavy (non-hydrogen) atoms. The number of aromatic nitrogens is 2. The third-order valence-electron chi connectivity index (χ3n) is 1.01. The van der Waals surface area contributed by atoms with Crippen molar-refractivity contribution in [1.29, 1.82) is 0 Å². The number of rotatable bonds is 0. The molecule has 54 valence electrons. The van der Waals surface area contributed by atoms with Crippen LogP contribution in [0.4, 0.5) is 5.82 Å². The van der Waals surface area contributed by atoms with Crippen LogP contribution in [0.5, 0.6) is 0 Å². The fourth-order valence-corrected chi connectivity index (χ4v) is 0.781. The molecule has 5 heteroatoms. The molecule has 0 bridgehead atoms. The van der Waals surface area contributed by atoms with E-state index in [1.165, 1.54) is 0 Å². The highest BCUT2D eigenvalue weighted by molar-refractivity contribution is 9.10. The summed E-state index contributed by atoms with van der Waals surface area (Å²) >= 11 is 2.98. The number of H-pyrrole nitrogens is 1. The Morgan fingerprint density at radius 2 is 2.30 bits per heavy atom. The number of hydrogen-bond donors (Lipinski definition) is 2. The van der Waals surface area contributed by atoms with Crippen molar-refractivity contribution in [3.05, 3.63) is 20.7 Å². The lowest BCUT2D eigenvalue weighted by atomic mass is 10.5. The molecule has 1 heterocycles. The molecule has 0 unspecified atom stereocenters. The Labute approximate surface area is 65.6 Å². The average molecular weight is 204 g/mol. The highest BCUT2D eigenvalue weighted by Crippen LogP contribution is 2.08. The van der Waals surface area contributed by atoms with E-state index < -0.39 is 0 Å². The number of halogens is 1. The van der Waals surface area contributed by atoms with Crippen molar-refractivity contribution in [1.82, 2.24) is 9.97 Å². The van der Waals surface area contributed by atoms with E-state index in [1.807, 2.05) is 0 Å². The van der Waals surface area contributed by atoms with E-state index in [4.69, 9.17) is 5.73 Å². The molecule has 3 N–H and O–H groups in total. The van der Waals surface area contributed by atoms with Crippen LogP contribution in [0.1, 0.15) is 5.82 Å². The molecule has 0 aliphatic heterocycles. The largest absolute Gasteiger partial charge is 0.383 e. The molecule has 0 saturated heterocycles. The van der Waals surface area contributed by atoms with E-state index in [-0.39, 0.29) is 15.8 Å². The van der Waals surface area contributed by atoms with Gasteiger partial charge in [0.25, 0.3) is 5.56 Å². The molecule has 0 aromatic carbocycles. The lowest BCUT2D eigenvalue weighted by Crippen LogP contribution is -2.12. The van der Waals surface area contributed by atoms with Gasteiger partial charge in [0.15, 0.2) is 0 Å². The van der Waals surface area contributed by atoms with Gasteiger partial charge in [-0.3, -0.25) is 4.79 Å².